The molecule has 21 heavy (non-hydrogen) atoms. The number of rotatable bonds is 3. The molecular formula is C14H9ClF5N. The van der Waals surface area contributed by atoms with Crippen molar-refractivity contribution in [2.24, 2.45) is 0 Å². The van der Waals surface area contributed by atoms with Crippen LogP contribution in [-0.2, 0) is 12.7 Å². The monoisotopic (exact) mass is 321 g/mol. The van der Waals surface area contributed by atoms with Gasteiger partial charge in [0.15, 0.2) is 0 Å². The lowest BCUT2D eigenvalue weighted by molar-refractivity contribution is -0.137. The smallest absolute Gasteiger partial charge is 0.380 e. The average molecular weight is 322 g/mol. The first kappa shape index (κ1) is 15.6. The van der Waals surface area contributed by atoms with Crippen molar-refractivity contribution in [3.63, 3.8) is 0 Å². The third-order valence-corrected chi connectivity index (χ3v) is 3.13. The Labute approximate surface area is 122 Å². The third kappa shape index (κ3) is 3.64. The molecule has 0 atom stereocenters. The Bertz CT molecular complexity index is 634. The summed E-state index contributed by atoms with van der Waals surface area (Å²) in [7, 11) is 0. The Morgan fingerprint density at radius 3 is 2.14 bits per heavy atom. The molecule has 0 aromatic heterocycles. The van der Waals surface area contributed by atoms with E-state index < -0.39 is 23.4 Å². The summed E-state index contributed by atoms with van der Waals surface area (Å²) in [4.78, 5) is 0. The van der Waals surface area contributed by atoms with Gasteiger partial charge in [-0.1, -0.05) is 17.7 Å². The molecule has 2 aromatic carbocycles. The molecule has 7 heteroatoms. The van der Waals surface area contributed by atoms with Gasteiger partial charge in [0, 0.05) is 12.1 Å². The molecule has 0 spiro atoms. The Morgan fingerprint density at radius 2 is 1.62 bits per heavy atom. The predicted molar refractivity (Wildman–Crippen MR) is 70.1 cm³/mol. The number of halogens is 6. The minimum Gasteiger partial charge on any atom is -0.380 e. The van der Waals surface area contributed by atoms with E-state index in [9.17, 15) is 22.0 Å². The standard InChI is InChI=1S/C14H9ClF5N/c15-10-6-8(14(18,19)20)4-5-13(10)21-7-9-11(16)2-1-3-12(9)17/h1-6,21H,7H2. The van der Waals surface area contributed by atoms with Crippen molar-refractivity contribution in [2.45, 2.75) is 12.7 Å². The van der Waals surface area contributed by atoms with Gasteiger partial charge in [-0.25, -0.2) is 8.78 Å². The second-order valence-corrected chi connectivity index (χ2v) is 4.65. The molecular weight excluding hydrogens is 313 g/mol. The highest BCUT2D eigenvalue weighted by molar-refractivity contribution is 6.33. The second-order valence-electron chi connectivity index (χ2n) is 4.25. The van der Waals surface area contributed by atoms with Crippen LogP contribution >= 0.6 is 11.6 Å². The van der Waals surface area contributed by atoms with Gasteiger partial charge in [0.1, 0.15) is 11.6 Å². The van der Waals surface area contributed by atoms with E-state index in [1.807, 2.05) is 0 Å². The van der Waals surface area contributed by atoms with Crippen LogP contribution in [0.1, 0.15) is 11.1 Å². The van der Waals surface area contributed by atoms with Crippen LogP contribution in [0, 0.1) is 11.6 Å². The fourth-order valence-electron chi connectivity index (χ4n) is 1.72. The van der Waals surface area contributed by atoms with Crippen LogP contribution in [0.3, 0.4) is 0 Å². The first-order valence-corrected chi connectivity index (χ1v) is 6.20. The van der Waals surface area contributed by atoms with E-state index in [1.165, 1.54) is 6.07 Å². The van der Waals surface area contributed by atoms with Gasteiger partial charge >= 0.3 is 6.18 Å². The summed E-state index contributed by atoms with van der Waals surface area (Å²) in [5.41, 5.74) is -0.948. The maximum Gasteiger partial charge on any atom is 0.416 e. The Balaban J connectivity index is 2.18. The molecule has 0 aliphatic rings. The number of anilines is 1. The Kier molecular flexibility index (Phi) is 4.37. The molecule has 0 saturated heterocycles. The lowest BCUT2D eigenvalue weighted by atomic mass is 10.1. The molecule has 0 saturated carbocycles. The summed E-state index contributed by atoms with van der Waals surface area (Å²) in [5.74, 6) is -1.49. The summed E-state index contributed by atoms with van der Waals surface area (Å²) >= 11 is 5.73. The van der Waals surface area contributed by atoms with Gasteiger partial charge < -0.3 is 5.32 Å². The molecule has 2 aromatic rings. The van der Waals surface area contributed by atoms with Crippen molar-refractivity contribution < 1.29 is 22.0 Å². The van der Waals surface area contributed by atoms with E-state index in [-0.39, 0.29) is 22.8 Å². The van der Waals surface area contributed by atoms with Crippen molar-refractivity contribution in [3.8, 4) is 0 Å². The van der Waals surface area contributed by atoms with Gasteiger partial charge in [-0.15, -0.1) is 0 Å². The van der Waals surface area contributed by atoms with E-state index in [4.69, 9.17) is 11.6 Å². The predicted octanol–water partition coefficient (Wildman–Crippen LogP) is 5.25. The zero-order valence-corrected chi connectivity index (χ0v) is 11.2. The highest BCUT2D eigenvalue weighted by Crippen LogP contribution is 2.34. The van der Waals surface area contributed by atoms with Crippen LogP contribution in [0.5, 0.6) is 0 Å². The van der Waals surface area contributed by atoms with Gasteiger partial charge in [-0.3, -0.25) is 0 Å². The zero-order valence-electron chi connectivity index (χ0n) is 10.4. The minimum atomic E-state index is -4.50. The van der Waals surface area contributed by atoms with E-state index >= 15 is 0 Å². The molecule has 1 N–H and O–H groups in total. The van der Waals surface area contributed by atoms with Crippen molar-refractivity contribution in [3.05, 3.63) is 64.2 Å². The van der Waals surface area contributed by atoms with Crippen molar-refractivity contribution in [2.75, 3.05) is 5.32 Å². The molecule has 2 rings (SSSR count). The number of nitrogens with one attached hydrogen (secondary N) is 1. The largest absolute Gasteiger partial charge is 0.416 e. The third-order valence-electron chi connectivity index (χ3n) is 2.81. The lowest BCUT2D eigenvalue weighted by Gasteiger charge is -2.12. The summed E-state index contributed by atoms with van der Waals surface area (Å²) in [5, 5.41) is 2.43. The van der Waals surface area contributed by atoms with Crippen molar-refractivity contribution >= 4 is 17.3 Å². The zero-order chi connectivity index (χ0) is 15.6. The summed E-state index contributed by atoms with van der Waals surface area (Å²) in [6.45, 7) is -0.233. The summed E-state index contributed by atoms with van der Waals surface area (Å²) < 4.78 is 64.3. The van der Waals surface area contributed by atoms with E-state index in [0.29, 0.717) is 0 Å². The van der Waals surface area contributed by atoms with E-state index in [0.717, 1.165) is 30.3 Å². The first-order valence-electron chi connectivity index (χ1n) is 5.82. The summed E-state index contributed by atoms with van der Waals surface area (Å²) in [6, 6.07) is 6.11. The second kappa shape index (κ2) is 5.89. The topological polar surface area (TPSA) is 12.0 Å². The van der Waals surface area contributed by atoms with Crippen LogP contribution in [0.25, 0.3) is 0 Å². The maximum atomic E-state index is 13.4. The molecule has 0 radical (unpaired) electrons. The van der Waals surface area contributed by atoms with Crippen molar-refractivity contribution in [1.82, 2.24) is 0 Å². The molecule has 0 heterocycles. The molecule has 0 fully saturated rings. The number of hydrogen-bond acceptors (Lipinski definition) is 1. The summed E-state index contributed by atoms with van der Waals surface area (Å²) in [6.07, 6.45) is -4.50. The van der Waals surface area contributed by atoms with E-state index in [1.54, 1.807) is 0 Å². The molecule has 0 aliphatic heterocycles. The van der Waals surface area contributed by atoms with Gasteiger partial charge in [0.25, 0.3) is 0 Å². The number of hydrogen-bond donors (Lipinski definition) is 1. The average Bonchev–Trinajstić information content (AvgIpc) is 2.38. The lowest BCUT2D eigenvalue weighted by Crippen LogP contribution is -2.07. The van der Waals surface area contributed by atoms with Crippen LogP contribution in [0.2, 0.25) is 5.02 Å². The normalized spacial score (nSPS) is 11.5. The molecule has 0 aliphatic carbocycles. The number of alkyl halides is 3. The maximum absolute atomic E-state index is 13.4. The highest BCUT2D eigenvalue weighted by atomic mass is 35.5. The molecule has 0 unspecified atom stereocenters. The highest BCUT2D eigenvalue weighted by Gasteiger charge is 2.30. The van der Waals surface area contributed by atoms with Crippen LogP contribution < -0.4 is 5.32 Å². The molecule has 1 nitrogen and oxygen atoms in total. The van der Waals surface area contributed by atoms with Gasteiger partial charge in [-0.2, -0.15) is 13.2 Å². The van der Waals surface area contributed by atoms with Crippen molar-refractivity contribution in [1.29, 1.82) is 0 Å². The first-order chi connectivity index (χ1) is 9.79. The number of benzene rings is 2. The minimum absolute atomic E-state index is 0.160. The molecule has 0 amide bonds. The Morgan fingerprint density at radius 1 is 1.00 bits per heavy atom. The fourth-order valence-corrected chi connectivity index (χ4v) is 1.97. The van der Waals surface area contributed by atoms with Crippen LogP contribution in [-0.4, -0.2) is 0 Å². The molecule has 112 valence electrons. The van der Waals surface area contributed by atoms with Gasteiger partial charge in [0.2, 0.25) is 0 Å². The van der Waals surface area contributed by atoms with Gasteiger partial charge in [-0.05, 0) is 30.3 Å². The SMILES string of the molecule is Fc1cccc(F)c1CNc1ccc(C(F)(F)F)cc1Cl. The quantitative estimate of drug-likeness (QED) is 0.761. The fraction of sp³-hybridized carbons (Fsp3) is 0.143. The van der Waals surface area contributed by atoms with E-state index in [2.05, 4.69) is 5.32 Å². The van der Waals surface area contributed by atoms with Crippen LogP contribution in [0.15, 0.2) is 36.4 Å². The molecule has 0 bridgehead atoms. The van der Waals surface area contributed by atoms with Gasteiger partial charge in [0.05, 0.1) is 16.3 Å². The Hall–Kier alpha value is -1.82. The van der Waals surface area contributed by atoms with Crippen LogP contribution in [0.4, 0.5) is 27.6 Å².